The topological polar surface area (TPSA) is 66.5 Å². The Morgan fingerprint density at radius 3 is 2.88 bits per heavy atom. The molecule has 1 heterocycles. The number of halogens is 1. The number of anilines is 1. The van der Waals surface area contributed by atoms with Crippen LogP contribution in [0.2, 0.25) is 0 Å². The van der Waals surface area contributed by atoms with Crippen molar-refractivity contribution in [2.24, 2.45) is 0 Å². The molecule has 0 atom stereocenters. The van der Waals surface area contributed by atoms with Crippen molar-refractivity contribution in [1.29, 1.82) is 0 Å². The Labute approximate surface area is 109 Å². The number of hydrogen-bond donors (Lipinski definition) is 1. The molecule has 0 aliphatic heterocycles. The highest BCUT2D eigenvalue weighted by Crippen LogP contribution is 2.08. The molecule has 2 N–H and O–H groups in total. The minimum atomic E-state index is -0.0731. The van der Waals surface area contributed by atoms with Gasteiger partial charge in [0.1, 0.15) is 0 Å². The quantitative estimate of drug-likeness (QED) is 0.770. The molecule has 0 aliphatic rings. The Bertz CT molecular complexity index is 406. The van der Waals surface area contributed by atoms with Gasteiger partial charge in [0, 0.05) is 32.1 Å². The van der Waals surface area contributed by atoms with Crippen LogP contribution in [-0.2, 0) is 16.0 Å². The van der Waals surface area contributed by atoms with Crippen LogP contribution < -0.4 is 11.3 Å². The number of nitrogens with zero attached hydrogens (tertiary/aromatic N) is 1. The van der Waals surface area contributed by atoms with E-state index in [1.165, 1.54) is 0 Å². The number of aryl methyl sites for hydroxylation is 1. The van der Waals surface area contributed by atoms with Crippen LogP contribution >= 0.6 is 15.9 Å². The summed E-state index contributed by atoms with van der Waals surface area (Å²) in [7, 11) is 1.63. The number of hydrogen-bond acceptors (Lipinski definition) is 4. The number of pyridine rings is 1. The van der Waals surface area contributed by atoms with E-state index in [1.54, 1.807) is 23.9 Å². The van der Waals surface area contributed by atoms with Gasteiger partial charge in [-0.2, -0.15) is 0 Å². The Morgan fingerprint density at radius 1 is 1.41 bits per heavy atom. The van der Waals surface area contributed by atoms with Crippen LogP contribution in [0.1, 0.15) is 6.42 Å². The molecule has 0 unspecified atom stereocenters. The predicted molar refractivity (Wildman–Crippen MR) is 70.1 cm³/mol. The first kappa shape index (κ1) is 14.2. The summed E-state index contributed by atoms with van der Waals surface area (Å²) in [6.07, 6.45) is 2.40. The van der Waals surface area contributed by atoms with Crippen molar-refractivity contribution in [2.45, 2.75) is 13.0 Å². The SMILES string of the molecule is COCCOCCCn1cc(N)cc(Br)c1=O. The van der Waals surface area contributed by atoms with Crippen LogP contribution in [0.5, 0.6) is 0 Å². The molecule has 17 heavy (non-hydrogen) atoms. The van der Waals surface area contributed by atoms with Gasteiger partial charge in [0.15, 0.2) is 0 Å². The van der Waals surface area contributed by atoms with E-state index in [2.05, 4.69) is 15.9 Å². The number of nitrogen functional groups attached to an aromatic ring is 1. The maximum Gasteiger partial charge on any atom is 0.264 e. The van der Waals surface area contributed by atoms with E-state index in [9.17, 15) is 4.79 Å². The van der Waals surface area contributed by atoms with E-state index in [0.29, 0.717) is 36.5 Å². The minimum Gasteiger partial charge on any atom is -0.398 e. The molecule has 1 aromatic heterocycles. The van der Waals surface area contributed by atoms with Crippen LogP contribution in [-0.4, -0.2) is 31.5 Å². The van der Waals surface area contributed by atoms with E-state index in [-0.39, 0.29) is 5.56 Å². The number of ether oxygens (including phenoxy) is 2. The van der Waals surface area contributed by atoms with Gasteiger partial charge < -0.3 is 19.8 Å². The predicted octanol–water partition coefficient (Wildman–Crippen LogP) is 1.25. The lowest BCUT2D eigenvalue weighted by Gasteiger charge is -2.08. The molecule has 0 amide bonds. The van der Waals surface area contributed by atoms with Gasteiger partial charge in [-0.3, -0.25) is 4.79 Å². The summed E-state index contributed by atoms with van der Waals surface area (Å²) in [6.45, 7) is 2.35. The van der Waals surface area contributed by atoms with Gasteiger partial charge in [0.25, 0.3) is 5.56 Å². The fourth-order valence-electron chi connectivity index (χ4n) is 1.37. The van der Waals surface area contributed by atoms with Crippen molar-refractivity contribution >= 4 is 21.6 Å². The average Bonchev–Trinajstić information content (AvgIpc) is 2.29. The lowest BCUT2D eigenvalue weighted by atomic mass is 10.4. The third-order valence-electron chi connectivity index (χ3n) is 2.18. The van der Waals surface area contributed by atoms with Gasteiger partial charge in [0.05, 0.1) is 17.7 Å². The van der Waals surface area contributed by atoms with Crippen LogP contribution in [0.4, 0.5) is 5.69 Å². The Kier molecular flexibility index (Phi) is 6.25. The molecule has 0 aromatic carbocycles. The van der Waals surface area contributed by atoms with Crippen LogP contribution in [0.15, 0.2) is 21.5 Å². The van der Waals surface area contributed by atoms with E-state index in [1.807, 2.05) is 0 Å². The fraction of sp³-hybridized carbons (Fsp3) is 0.545. The Balaban J connectivity index is 2.39. The maximum atomic E-state index is 11.7. The van der Waals surface area contributed by atoms with Gasteiger partial charge in [0.2, 0.25) is 0 Å². The van der Waals surface area contributed by atoms with E-state index < -0.39 is 0 Å². The smallest absolute Gasteiger partial charge is 0.264 e. The van der Waals surface area contributed by atoms with Crippen LogP contribution in [0.3, 0.4) is 0 Å². The first-order chi connectivity index (χ1) is 8.15. The van der Waals surface area contributed by atoms with Crippen LogP contribution in [0, 0.1) is 0 Å². The summed E-state index contributed by atoms with van der Waals surface area (Å²) in [4.78, 5) is 11.7. The second-order valence-corrected chi connectivity index (χ2v) is 4.43. The van der Waals surface area contributed by atoms with E-state index >= 15 is 0 Å². The zero-order valence-electron chi connectivity index (χ0n) is 9.82. The zero-order chi connectivity index (χ0) is 12.7. The van der Waals surface area contributed by atoms with Gasteiger partial charge in [-0.1, -0.05) is 0 Å². The molecule has 0 spiro atoms. The monoisotopic (exact) mass is 304 g/mol. The van der Waals surface area contributed by atoms with Gasteiger partial charge in [-0.25, -0.2) is 0 Å². The Morgan fingerprint density at radius 2 is 2.18 bits per heavy atom. The summed E-state index contributed by atoms with van der Waals surface area (Å²) in [5, 5.41) is 0. The maximum absolute atomic E-state index is 11.7. The highest BCUT2D eigenvalue weighted by Gasteiger charge is 2.02. The molecular weight excluding hydrogens is 288 g/mol. The van der Waals surface area contributed by atoms with Crippen molar-refractivity contribution in [3.05, 3.63) is 27.1 Å². The third-order valence-corrected chi connectivity index (χ3v) is 2.75. The molecule has 0 radical (unpaired) electrons. The van der Waals surface area contributed by atoms with Gasteiger partial charge in [-0.15, -0.1) is 0 Å². The number of nitrogens with two attached hydrogens (primary N) is 1. The average molecular weight is 305 g/mol. The van der Waals surface area contributed by atoms with Gasteiger partial charge >= 0.3 is 0 Å². The third kappa shape index (κ3) is 4.89. The first-order valence-electron chi connectivity index (χ1n) is 5.37. The standard InChI is InChI=1S/C11H17BrN2O3/c1-16-5-6-17-4-2-3-14-8-9(13)7-10(12)11(14)15/h7-8H,2-6,13H2,1H3. The molecule has 0 saturated heterocycles. The van der Waals surface area contributed by atoms with Crippen molar-refractivity contribution in [3.63, 3.8) is 0 Å². The molecule has 96 valence electrons. The minimum absolute atomic E-state index is 0.0731. The molecule has 0 bridgehead atoms. The van der Waals surface area contributed by atoms with Crippen molar-refractivity contribution in [3.8, 4) is 0 Å². The largest absolute Gasteiger partial charge is 0.398 e. The normalized spacial score (nSPS) is 10.7. The van der Waals surface area contributed by atoms with E-state index in [4.69, 9.17) is 15.2 Å². The summed E-state index contributed by atoms with van der Waals surface area (Å²) < 4.78 is 12.2. The van der Waals surface area contributed by atoms with Gasteiger partial charge in [-0.05, 0) is 28.4 Å². The highest BCUT2D eigenvalue weighted by atomic mass is 79.9. The molecule has 1 aromatic rings. The number of rotatable bonds is 7. The second-order valence-electron chi connectivity index (χ2n) is 3.58. The summed E-state index contributed by atoms with van der Waals surface area (Å²) >= 11 is 3.18. The molecule has 1 rings (SSSR count). The number of aromatic nitrogens is 1. The lowest BCUT2D eigenvalue weighted by Crippen LogP contribution is -2.21. The van der Waals surface area contributed by atoms with Crippen molar-refractivity contribution in [1.82, 2.24) is 4.57 Å². The summed E-state index contributed by atoms with van der Waals surface area (Å²) in [6, 6.07) is 1.61. The van der Waals surface area contributed by atoms with Crippen molar-refractivity contribution in [2.75, 3.05) is 32.7 Å². The van der Waals surface area contributed by atoms with Crippen molar-refractivity contribution < 1.29 is 9.47 Å². The summed E-state index contributed by atoms with van der Waals surface area (Å²) in [5.41, 5.74) is 6.15. The second kappa shape index (κ2) is 7.47. The van der Waals surface area contributed by atoms with Crippen LogP contribution in [0.25, 0.3) is 0 Å². The molecule has 5 nitrogen and oxygen atoms in total. The zero-order valence-corrected chi connectivity index (χ0v) is 11.4. The molecular formula is C11H17BrN2O3. The highest BCUT2D eigenvalue weighted by molar-refractivity contribution is 9.10. The first-order valence-corrected chi connectivity index (χ1v) is 6.16. The number of methoxy groups -OCH3 is 1. The Hall–Kier alpha value is -0.850. The molecule has 0 aliphatic carbocycles. The van der Waals surface area contributed by atoms with E-state index in [0.717, 1.165) is 6.42 Å². The summed E-state index contributed by atoms with van der Waals surface area (Å²) in [5.74, 6) is 0. The molecule has 0 saturated carbocycles. The molecule has 0 fully saturated rings. The lowest BCUT2D eigenvalue weighted by molar-refractivity contribution is 0.0679. The molecule has 6 heteroatoms. The fourth-order valence-corrected chi connectivity index (χ4v) is 1.86.